The summed E-state index contributed by atoms with van der Waals surface area (Å²) in [5.74, 6) is 2.30. The Labute approximate surface area is 73.0 Å². The highest BCUT2D eigenvalue weighted by atomic mass is 16.3. The Bertz CT molecular complexity index is 320. The van der Waals surface area contributed by atoms with Crippen LogP contribution >= 0.6 is 0 Å². The van der Waals surface area contributed by atoms with Crippen LogP contribution in [0.25, 0.3) is 0 Å². The monoisotopic (exact) mass is 160 g/mol. The van der Waals surface area contributed by atoms with Crippen LogP contribution in [0.5, 0.6) is 0 Å². The number of hydrogen-bond donors (Lipinski definition) is 1. The summed E-state index contributed by atoms with van der Waals surface area (Å²) in [4.78, 5) is 0. The molecule has 0 aliphatic rings. The van der Waals surface area contributed by atoms with Gasteiger partial charge in [0.05, 0.1) is 0 Å². The average Bonchev–Trinajstić information content (AvgIpc) is 2.08. The van der Waals surface area contributed by atoms with E-state index in [0.29, 0.717) is 0 Å². The van der Waals surface area contributed by atoms with Crippen molar-refractivity contribution in [2.45, 2.75) is 20.0 Å². The summed E-state index contributed by atoms with van der Waals surface area (Å²) in [6.45, 7) is 3.97. The number of aliphatic hydroxyl groups excluding tert-OH is 1. The zero-order valence-corrected chi connectivity index (χ0v) is 7.33. The van der Waals surface area contributed by atoms with Crippen LogP contribution in [0.1, 0.15) is 22.8 Å². The van der Waals surface area contributed by atoms with Crippen molar-refractivity contribution in [1.29, 1.82) is 0 Å². The van der Waals surface area contributed by atoms with E-state index in [1.165, 1.54) is 0 Å². The third-order valence-electron chi connectivity index (χ3n) is 2.10. The van der Waals surface area contributed by atoms with E-state index < -0.39 is 6.10 Å². The molecule has 1 aromatic rings. The van der Waals surface area contributed by atoms with Crippen LogP contribution in [0, 0.1) is 26.2 Å². The van der Waals surface area contributed by atoms with Gasteiger partial charge in [-0.2, -0.15) is 0 Å². The molecule has 1 atom stereocenters. The molecule has 62 valence electrons. The lowest BCUT2D eigenvalue weighted by molar-refractivity contribution is 0.237. The minimum atomic E-state index is -0.773. The fourth-order valence-corrected chi connectivity index (χ4v) is 1.16. The van der Waals surface area contributed by atoms with Crippen LogP contribution in [0.4, 0.5) is 0 Å². The molecule has 0 bridgehead atoms. The Morgan fingerprint density at radius 3 is 2.67 bits per heavy atom. The highest BCUT2D eigenvalue weighted by molar-refractivity contribution is 5.37. The maximum atomic E-state index is 9.40. The first-order valence-corrected chi connectivity index (χ1v) is 3.87. The molecule has 12 heavy (non-hydrogen) atoms. The Hall–Kier alpha value is -1.26. The number of aliphatic hydroxyl groups is 1. The fourth-order valence-electron chi connectivity index (χ4n) is 1.16. The molecule has 1 unspecified atom stereocenters. The van der Waals surface area contributed by atoms with Gasteiger partial charge in [0.1, 0.15) is 6.10 Å². The third kappa shape index (κ3) is 1.49. The van der Waals surface area contributed by atoms with E-state index in [4.69, 9.17) is 6.42 Å². The summed E-state index contributed by atoms with van der Waals surface area (Å²) < 4.78 is 0. The second-order valence-corrected chi connectivity index (χ2v) is 2.86. The van der Waals surface area contributed by atoms with Crippen molar-refractivity contribution in [1.82, 2.24) is 0 Å². The van der Waals surface area contributed by atoms with E-state index in [1.807, 2.05) is 32.0 Å². The molecule has 1 nitrogen and oxygen atoms in total. The second-order valence-electron chi connectivity index (χ2n) is 2.86. The van der Waals surface area contributed by atoms with Gasteiger partial charge in [0.25, 0.3) is 0 Å². The van der Waals surface area contributed by atoms with E-state index in [2.05, 4.69) is 5.92 Å². The highest BCUT2D eigenvalue weighted by Crippen LogP contribution is 2.19. The van der Waals surface area contributed by atoms with Crippen LogP contribution in [0.3, 0.4) is 0 Å². The topological polar surface area (TPSA) is 20.2 Å². The van der Waals surface area contributed by atoms with Gasteiger partial charge in [-0.1, -0.05) is 24.1 Å². The van der Waals surface area contributed by atoms with Gasteiger partial charge in [0.2, 0.25) is 0 Å². The van der Waals surface area contributed by atoms with E-state index >= 15 is 0 Å². The predicted molar refractivity (Wildman–Crippen MR) is 49.7 cm³/mol. The summed E-state index contributed by atoms with van der Waals surface area (Å²) in [7, 11) is 0. The van der Waals surface area contributed by atoms with E-state index in [-0.39, 0.29) is 0 Å². The number of aryl methyl sites for hydroxylation is 1. The molecule has 1 N–H and O–H groups in total. The lowest BCUT2D eigenvalue weighted by Crippen LogP contribution is -1.97. The van der Waals surface area contributed by atoms with Crippen molar-refractivity contribution in [3.05, 3.63) is 34.9 Å². The molecule has 0 saturated carbocycles. The molecule has 0 saturated heterocycles. The van der Waals surface area contributed by atoms with Crippen molar-refractivity contribution in [2.24, 2.45) is 0 Å². The average molecular weight is 160 g/mol. The summed E-state index contributed by atoms with van der Waals surface area (Å²) in [6.07, 6.45) is 4.35. The normalized spacial score (nSPS) is 12.2. The molecular weight excluding hydrogens is 148 g/mol. The molecule has 0 aromatic heterocycles. The van der Waals surface area contributed by atoms with Crippen LogP contribution in [0.2, 0.25) is 0 Å². The van der Waals surface area contributed by atoms with Crippen molar-refractivity contribution < 1.29 is 5.11 Å². The van der Waals surface area contributed by atoms with Crippen molar-refractivity contribution in [2.75, 3.05) is 0 Å². The third-order valence-corrected chi connectivity index (χ3v) is 2.10. The molecular formula is C11H12O. The van der Waals surface area contributed by atoms with Crippen LogP contribution in [0.15, 0.2) is 18.2 Å². The molecule has 1 rings (SSSR count). The van der Waals surface area contributed by atoms with Gasteiger partial charge in [0.15, 0.2) is 0 Å². The predicted octanol–water partition coefficient (Wildman–Crippen LogP) is 1.97. The zero-order valence-electron chi connectivity index (χ0n) is 7.33. The number of hydrogen-bond acceptors (Lipinski definition) is 1. The zero-order chi connectivity index (χ0) is 9.14. The molecule has 0 heterocycles. The van der Waals surface area contributed by atoms with Crippen molar-refractivity contribution in [3.8, 4) is 12.3 Å². The van der Waals surface area contributed by atoms with Crippen molar-refractivity contribution >= 4 is 0 Å². The van der Waals surface area contributed by atoms with Gasteiger partial charge in [-0.3, -0.25) is 0 Å². The molecule has 0 fully saturated rings. The minimum Gasteiger partial charge on any atom is -0.376 e. The van der Waals surface area contributed by atoms with Gasteiger partial charge < -0.3 is 5.11 Å². The summed E-state index contributed by atoms with van der Waals surface area (Å²) in [6, 6.07) is 5.76. The maximum Gasteiger partial charge on any atom is 0.140 e. The van der Waals surface area contributed by atoms with Crippen molar-refractivity contribution in [3.63, 3.8) is 0 Å². The van der Waals surface area contributed by atoms with E-state index in [1.54, 1.807) is 0 Å². The Kier molecular flexibility index (Phi) is 2.52. The van der Waals surface area contributed by atoms with Crippen LogP contribution in [-0.2, 0) is 0 Å². The summed E-state index contributed by atoms with van der Waals surface area (Å²) in [5, 5.41) is 9.40. The van der Waals surface area contributed by atoms with Gasteiger partial charge in [-0.05, 0) is 30.5 Å². The Morgan fingerprint density at radius 1 is 1.42 bits per heavy atom. The smallest absolute Gasteiger partial charge is 0.140 e. The van der Waals surface area contributed by atoms with E-state index in [0.717, 1.165) is 16.7 Å². The minimum absolute atomic E-state index is 0.773. The number of terminal acetylenes is 1. The Morgan fingerprint density at radius 2 is 2.08 bits per heavy atom. The van der Waals surface area contributed by atoms with Gasteiger partial charge in [-0.25, -0.2) is 0 Å². The standard InChI is InChI=1S/C11H12O/c1-4-11(12)10-7-5-6-8(2)9(10)3/h1,5-7,11-12H,2-3H3. The quantitative estimate of drug-likeness (QED) is 0.623. The largest absolute Gasteiger partial charge is 0.376 e. The lowest BCUT2D eigenvalue weighted by atomic mass is 10.00. The highest BCUT2D eigenvalue weighted by Gasteiger charge is 2.06. The first-order valence-electron chi connectivity index (χ1n) is 3.87. The fraction of sp³-hybridized carbons (Fsp3) is 0.273. The summed E-state index contributed by atoms with van der Waals surface area (Å²) >= 11 is 0. The SMILES string of the molecule is C#CC(O)c1cccc(C)c1C. The number of rotatable bonds is 1. The van der Waals surface area contributed by atoms with Crippen LogP contribution in [-0.4, -0.2) is 5.11 Å². The van der Waals surface area contributed by atoms with Crippen LogP contribution < -0.4 is 0 Å². The van der Waals surface area contributed by atoms with Gasteiger partial charge in [-0.15, -0.1) is 6.42 Å². The molecule has 0 amide bonds. The van der Waals surface area contributed by atoms with Gasteiger partial charge >= 0.3 is 0 Å². The molecule has 0 aliphatic carbocycles. The first kappa shape index (κ1) is 8.83. The molecule has 0 aliphatic heterocycles. The molecule has 1 aromatic carbocycles. The molecule has 0 spiro atoms. The lowest BCUT2D eigenvalue weighted by Gasteiger charge is -2.09. The number of benzene rings is 1. The summed E-state index contributed by atoms with van der Waals surface area (Å²) in [5.41, 5.74) is 3.06. The van der Waals surface area contributed by atoms with E-state index in [9.17, 15) is 5.11 Å². The van der Waals surface area contributed by atoms with Gasteiger partial charge in [0, 0.05) is 0 Å². The molecule has 0 radical (unpaired) electrons. The Balaban J connectivity index is 3.18. The maximum absolute atomic E-state index is 9.40. The second kappa shape index (κ2) is 3.42. The first-order chi connectivity index (χ1) is 5.66. The molecule has 1 heteroatoms.